The average molecular weight is 527 g/mol. The van der Waals surface area contributed by atoms with Gasteiger partial charge in [-0.05, 0) is 55.2 Å². The molecule has 200 valence electrons. The van der Waals surface area contributed by atoms with Crippen LogP contribution < -0.4 is 21.7 Å². The van der Waals surface area contributed by atoms with Gasteiger partial charge in [-0.1, -0.05) is 56.3 Å². The number of allylic oxidation sites excluding steroid dienone is 1. The van der Waals surface area contributed by atoms with E-state index in [-0.39, 0.29) is 30.6 Å². The van der Waals surface area contributed by atoms with Crippen molar-refractivity contribution in [3.63, 3.8) is 0 Å². The Balaban J connectivity index is 2.22. The Bertz CT molecular complexity index is 1080. The molecule has 9 heteroatoms. The fourth-order valence-corrected chi connectivity index (χ4v) is 4.64. The minimum Gasteiger partial charge on any atom is -0.370 e. The largest absolute Gasteiger partial charge is 0.370 e. The molecule has 0 bridgehead atoms. The van der Waals surface area contributed by atoms with Crippen LogP contribution in [0, 0.1) is 12.8 Å². The summed E-state index contributed by atoms with van der Waals surface area (Å²) < 4.78 is 0. The number of amides is 4. The van der Waals surface area contributed by atoms with E-state index in [1.807, 2.05) is 63.4 Å². The Morgan fingerprint density at radius 2 is 1.68 bits per heavy atom. The lowest BCUT2D eigenvalue weighted by molar-refractivity contribution is -0.130. The lowest BCUT2D eigenvalue weighted by Gasteiger charge is -2.25. The Morgan fingerprint density at radius 3 is 2.24 bits per heavy atom. The molecule has 37 heavy (non-hydrogen) atoms. The SMILES string of the molecule is C/C=C/C(CCC(N)=O)NC(=O)C(Cc1ccccc1)NC(=O)C(CC(C)C)NC(=O)c1cc(C)cs1. The number of primary amides is 1. The molecule has 0 aliphatic carbocycles. The second-order valence-electron chi connectivity index (χ2n) is 9.54. The Labute approximate surface area is 223 Å². The second-order valence-corrected chi connectivity index (χ2v) is 10.5. The Kier molecular flexibility index (Phi) is 12.0. The van der Waals surface area contributed by atoms with E-state index in [0.717, 1.165) is 11.1 Å². The molecule has 3 unspecified atom stereocenters. The zero-order valence-electron chi connectivity index (χ0n) is 22.0. The van der Waals surface area contributed by atoms with Crippen LogP contribution in [0.15, 0.2) is 53.9 Å². The topological polar surface area (TPSA) is 130 Å². The molecule has 0 spiro atoms. The monoisotopic (exact) mass is 526 g/mol. The standard InChI is InChI=1S/C28H38N4O4S/c1-5-9-21(12-13-25(29)33)30-26(34)23(16-20-10-7-6-8-11-20)31-27(35)22(14-18(2)3)32-28(36)24-15-19(4)17-37-24/h5-11,15,17-18,21-23H,12-14,16H2,1-4H3,(H2,29,33)(H,30,34)(H,31,35)(H,32,36)/b9-5+. The van der Waals surface area contributed by atoms with E-state index in [2.05, 4.69) is 16.0 Å². The minimum atomic E-state index is -0.883. The van der Waals surface area contributed by atoms with Gasteiger partial charge >= 0.3 is 0 Å². The highest BCUT2D eigenvalue weighted by molar-refractivity contribution is 7.12. The highest BCUT2D eigenvalue weighted by Gasteiger charge is 2.29. The van der Waals surface area contributed by atoms with Crippen molar-refractivity contribution in [2.45, 2.75) is 71.5 Å². The third-order valence-corrected chi connectivity index (χ3v) is 6.70. The first-order chi connectivity index (χ1) is 17.6. The maximum Gasteiger partial charge on any atom is 0.262 e. The summed E-state index contributed by atoms with van der Waals surface area (Å²) in [7, 11) is 0. The zero-order valence-corrected chi connectivity index (χ0v) is 22.8. The number of benzene rings is 1. The molecule has 4 amide bonds. The van der Waals surface area contributed by atoms with E-state index in [1.165, 1.54) is 11.3 Å². The number of nitrogens with one attached hydrogen (secondary N) is 3. The molecule has 0 aliphatic heterocycles. The fourth-order valence-electron chi connectivity index (χ4n) is 3.84. The number of thiophene rings is 1. The number of carbonyl (C=O) groups is 4. The van der Waals surface area contributed by atoms with Gasteiger partial charge in [0.1, 0.15) is 12.1 Å². The summed E-state index contributed by atoms with van der Waals surface area (Å²) >= 11 is 1.32. The predicted octanol–water partition coefficient (Wildman–Crippen LogP) is 3.25. The number of carbonyl (C=O) groups excluding carboxylic acids is 4. The lowest BCUT2D eigenvalue weighted by Crippen LogP contribution is -2.55. The summed E-state index contributed by atoms with van der Waals surface area (Å²) in [6, 6.07) is 9.07. The van der Waals surface area contributed by atoms with Gasteiger partial charge in [0.25, 0.3) is 5.91 Å². The van der Waals surface area contributed by atoms with Crippen molar-refractivity contribution in [1.29, 1.82) is 0 Å². The van der Waals surface area contributed by atoms with E-state index in [1.54, 1.807) is 18.2 Å². The van der Waals surface area contributed by atoms with Crippen molar-refractivity contribution >= 4 is 35.0 Å². The van der Waals surface area contributed by atoms with Gasteiger partial charge in [0.15, 0.2) is 0 Å². The van der Waals surface area contributed by atoms with Gasteiger partial charge in [0.2, 0.25) is 17.7 Å². The molecule has 1 heterocycles. The third kappa shape index (κ3) is 10.6. The lowest BCUT2D eigenvalue weighted by atomic mass is 10.0. The van der Waals surface area contributed by atoms with Crippen molar-refractivity contribution in [3.8, 4) is 0 Å². The number of rotatable bonds is 14. The summed E-state index contributed by atoms with van der Waals surface area (Å²) in [5.41, 5.74) is 7.14. The van der Waals surface area contributed by atoms with Crippen molar-refractivity contribution < 1.29 is 19.2 Å². The van der Waals surface area contributed by atoms with Crippen molar-refractivity contribution in [3.05, 3.63) is 69.9 Å². The minimum absolute atomic E-state index is 0.121. The molecule has 0 fully saturated rings. The molecule has 3 atom stereocenters. The van der Waals surface area contributed by atoms with Gasteiger partial charge in [-0.3, -0.25) is 19.2 Å². The van der Waals surface area contributed by atoms with Gasteiger partial charge in [0, 0.05) is 18.9 Å². The van der Waals surface area contributed by atoms with Gasteiger partial charge in [-0.15, -0.1) is 11.3 Å². The van der Waals surface area contributed by atoms with Crippen LogP contribution in [0.4, 0.5) is 0 Å². The van der Waals surface area contributed by atoms with E-state index < -0.39 is 29.9 Å². The Hall–Kier alpha value is -3.46. The molecule has 1 aromatic carbocycles. The molecule has 5 N–H and O–H groups in total. The van der Waals surface area contributed by atoms with Crippen LogP contribution in [-0.4, -0.2) is 41.8 Å². The maximum absolute atomic E-state index is 13.4. The van der Waals surface area contributed by atoms with Crippen LogP contribution >= 0.6 is 11.3 Å². The summed E-state index contributed by atoms with van der Waals surface area (Å²) in [5, 5.41) is 10.5. The van der Waals surface area contributed by atoms with Crippen LogP contribution in [0.1, 0.15) is 60.8 Å². The molecule has 0 radical (unpaired) electrons. The molecule has 0 saturated carbocycles. The normalized spacial score (nSPS) is 13.6. The van der Waals surface area contributed by atoms with Gasteiger partial charge in [-0.25, -0.2) is 0 Å². The van der Waals surface area contributed by atoms with E-state index in [9.17, 15) is 19.2 Å². The maximum atomic E-state index is 13.4. The zero-order chi connectivity index (χ0) is 27.4. The number of hydrogen-bond donors (Lipinski definition) is 4. The van der Waals surface area contributed by atoms with Crippen LogP contribution in [0.3, 0.4) is 0 Å². The number of aryl methyl sites for hydroxylation is 1. The average Bonchev–Trinajstić information content (AvgIpc) is 3.28. The first kappa shape index (κ1) is 29.8. The Morgan fingerprint density at radius 1 is 1.00 bits per heavy atom. The van der Waals surface area contributed by atoms with Crippen LogP contribution in [0.2, 0.25) is 0 Å². The van der Waals surface area contributed by atoms with Crippen LogP contribution in [-0.2, 0) is 20.8 Å². The van der Waals surface area contributed by atoms with Gasteiger partial charge < -0.3 is 21.7 Å². The molecule has 2 rings (SSSR count). The molecule has 1 aromatic heterocycles. The molecular weight excluding hydrogens is 488 g/mol. The highest BCUT2D eigenvalue weighted by atomic mass is 32.1. The quantitative estimate of drug-likeness (QED) is 0.282. The molecule has 2 aromatic rings. The first-order valence-corrected chi connectivity index (χ1v) is 13.4. The summed E-state index contributed by atoms with van der Waals surface area (Å²) in [6.07, 6.45) is 4.73. The predicted molar refractivity (Wildman–Crippen MR) is 147 cm³/mol. The number of hydrogen-bond acceptors (Lipinski definition) is 5. The van der Waals surface area contributed by atoms with Gasteiger partial charge in [-0.2, -0.15) is 0 Å². The van der Waals surface area contributed by atoms with Crippen molar-refractivity contribution in [2.75, 3.05) is 0 Å². The molecule has 0 saturated heterocycles. The summed E-state index contributed by atoms with van der Waals surface area (Å²) in [5.74, 6) is -1.44. The molecular formula is C28H38N4O4S. The third-order valence-electron chi connectivity index (χ3n) is 5.65. The van der Waals surface area contributed by atoms with Crippen LogP contribution in [0.25, 0.3) is 0 Å². The second kappa shape index (κ2) is 14.9. The number of nitrogens with two attached hydrogens (primary N) is 1. The van der Waals surface area contributed by atoms with Crippen molar-refractivity contribution in [1.82, 2.24) is 16.0 Å². The molecule has 0 aliphatic rings. The summed E-state index contributed by atoms with van der Waals surface area (Å²) in [6.45, 7) is 7.66. The van der Waals surface area contributed by atoms with Crippen LogP contribution in [0.5, 0.6) is 0 Å². The fraction of sp³-hybridized carbons (Fsp3) is 0.429. The first-order valence-electron chi connectivity index (χ1n) is 12.5. The van der Waals surface area contributed by atoms with E-state index in [0.29, 0.717) is 17.7 Å². The van der Waals surface area contributed by atoms with E-state index in [4.69, 9.17) is 5.73 Å². The van der Waals surface area contributed by atoms with Crippen molar-refractivity contribution in [2.24, 2.45) is 11.7 Å². The molecule has 8 nitrogen and oxygen atoms in total. The van der Waals surface area contributed by atoms with Gasteiger partial charge in [0.05, 0.1) is 4.88 Å². The summed E-state index contributed by atoms with van der Waals surface area (Å²) in [4.78, 5) is 51.3. The highest BCUT2D eigenvalue weighted by Crippen LogP contribution is 2.15. The van der Waals surface area contributed by atoms with E-state index >= 15 is 0 Å². The smallest absolute Gasteiger partial charge is 0.262 e.